The molecule has 0 saturated carbocycles. The van der Waals surface area contributed by atoms with Crippen LogP contribution in [-0.4, -0.2) is 11.9 Å². The van der Waals surface area contributed by atoms with Crippen molar-refractivity contribution in [2.24, 2.45) is 0 Å². The summed E-state index contributed by atoms with van der Waals surface area (Å²) >= 11 is 2.92. The third kappa shape index (κ3) is 4.41. The van der Waals surface area contributed by atoms with Gasteiger partial charge in [0.05, 0.1) is 4.88 Å². The van der Waals surface area contributed by atoms with Crippen LogP contribution in [0.2, 0.25) is 0 Å². The topological polar surface area (TPSA) is 55.4 Å². The Kier molecular flexibility index (Phi) is 5.20. The number of thiophene rings is 2. The van der Waals surface area contributed by atoms with Gasteiger partial charge in [-0.15, -0.1) is 22.7 Å². The Morgan fingerprint density at radius 2 is 1.71 bits per heavy atom. The highest BCUT2D eigenvalue weighted by Gasteiger charge is 2.07. The number of esters is 1. The molecular weight excluding hydrogens is 342 g/mol. The van der Waals surface area contributed by atoms with E-state index in [1.165, 1.54) is 17.4 Å². The maximum atomic E-state index is 11.9. The van der Waals surface area contributed by atoms with E-state index in [2.05, 4.69) is 5.32 Å². The molecule has 3 aromatic rings. The summed E-state index contributed by atoms with van der Waals surface area (Å²) in [7, 11) is 0. The Hall–Kier alpha value is -2.70. The number of ether oxygens (including phenoxy) is 1. The quantitative estimate of drug-likeness (QED) is 0.411. The lowest BCUT2D eigenvalue weighted by molar-refractivity contribution is -0.128. The molecule has 0 unspecified atom stereocenters. The highest BCUT2D eigenvalue weighted by molar-refractivity contribution is 7.12. The molecule has 1 amide bonds. The van der Waals surface area contributed by atoms with Gasteiger partial charge in [-0.2, -0.15) is 0 Å². The van der Waals surface area contributed by atoms with Gasteiger partial charge in [0.1, 0.15) is 5.75 Å². The lowest BCUT2D eigenvalue weighted by Crippen LogP contribution is -2.10. The van der Waals surface area contributed by atoms with Crippen LogP contribution >= 0.6 is 22.7 Å². The van der Waals surface area contributed by atoms with Crippen LogP contribution in [0.25, 0.3) is 6.08 Å². The molecule has 0 aliphatic rings. The van der Waals surface area contributed by atoms with E-state index in [1.807, 2.05) is 29.0 Å². The summed E-state index contributed by atoms with van der Waals surface area (Å²) in [6, 6.07) is 14.1. The normalized spacial score (nSPS) is 10.7. The highest BCUT2D eigenvalue weighted by Crippen LogP contribution is 2.18. The molecule has 24 heavy (non-hydrogen) atoms. The number of anilines is 1. The SMILES string of the molecule is O=C(/C=C/c1cccs1)Oc1ccc(NC(=O)c2cccs2)cc1. The predicted octanol–water partition coefficient (Wildman–Crippen LogP) is 4.68. The van der Waals surface area contributed by atoms with Crippen LogP contribution < -0.4 is 10.1 Å². The third-order valence-electron chi connectivity index (χ3n) is 3.00. The van der Waals surface area contributed by atoms with Gasteiger partial charge in [-0.3, -0.25) is 4.79 Å². The van der Waals surface area contributed by atoms with Crippen molar-refractivity contribution in [1.82, 2.24) is 0 Å². The van der Waals surface area contributed by atoms with Gasteiger partial charge in [-0.1, -0.05) is 12.1 Å². The summed E-state index contributed by atoms with van der Waals surface area (Å²) in [4.78, 5) is 25.3. The first-order valence-corrected chi connectivity index (χ1v) is 8.85. The molecule has 0 bridgehead atoms. The minimum Gasteiger partial charge on any atom is -0.423 e. The van der Waals surface area contributed by atoms with E-state index in [9.17, 15) is 9.59 Å². The minimum atomic E-state index is -0.446. The van der Waals surface area contributed by atoms with Crippen LogP contribution in [0.5, 0.6) is 5.75 Å². The maximum Gasteiger partial charge on any atom is 0.336 e. The summed E-state index contributed by atoms with van der Waals surface area (Å²) < 4.78 is 5.21. The molecule has 0 spiro atoms. The number of nitrogens with one attached hydrogen (secondary N) is 1. The second-order valence-electron chi connectivity index (χ2n) is 4.73. The first-order chi connectivity index (χ1) is 11.7. The maximum absolute atomic E-state index is 11.9. The number of benzene rings is 1. The van der Waals surface area contributed by atoms with Gasteiger partial charge < -0.3 is 10.1 Å². The fourth-order valence-electron chi connectivity index (χ4n) is 1.89. The van der Waals surface area contributed by atoms with Crippen molar-refractivity contribution < 1.29 is 14.3 Å². The van der Waals surface area contributed by atoms with E-state index in [1.54, 1.807) is 47.7 Å². The molecule has 1 N–H and O–H groups in total. The van der Waals surface area contributed by atoms with Gasteiger partial charge in [0.2, 0.25) is 0 Å². The van der Waals surface area contributed by atoms with E-state index in [0.717, 1.165) is 4.88 Å². The van der Waals surface area contributed by atoms with Crippen LogP contribution in [0.3, 0.4) is 0 Å². The zero-order valence-electron chi connectivity index (χ0n) is 12.5. The van der Waals surface area contributed by atoms with Crippen molar-refractivity contribution in [3.05, 3.63) is 75.1 Å². The fraction of sp³-hybridized carbons (Fsp3) is 0. The van der Waals surface area contributed by atoms with Crippen molar-refractivity contribution >= 4 is 46.3 Å². The minimum absolute atomic E-state index is 0.159. The molecule has 120 valence electrons. The molecular formula is C18H13NO3S2. The Bertz CT molecular complexity index is 835. The van der Waals surface area contributed by atoms with E-state index in [4.69, 9.17) is 4.74 Å². The number of rotatable bonds is 5. The predicted molar refractivity (Wildman–Crippen MR) is 97.7 cm³/mol. The van der Waals surface area contributed by atoms with Gasteiger partial charge in [0.15, 0.2) is 0 Å². The molecule has 4 nitrogen and oxygen atoms in total. The smallest absolute Gasteiger partial charge is 0.336 e. The zero-order chi connectivity index (χ0) is 16.8. The van der Waals surface area contributed by atoms with E-state index in [-0.39, 0.29) is 5.91 Å². The lowest BCUT2D eigenvalue weighted by atomic mass is 10.3. The van der Waals surface area contributed by atoms with Crippen molar-refractivity contribution in [2.45, 2.75) is 0 Å². The first-order valence-electron chi connectivity index (χ1n) is 7.09. The fourth-order valence-corrected chi connectivity index (χ4v) is 3.13. The summed E-state index contributed by atoms with van der Waals surface area (Å²) in [5, 5.41) is 6.57. The first kappa shape index (κ1) is 16.2. The second kappa shape index (κ2) is 7.72. The van der Waals surface area contributed by atoms with Crippen LogP contribution in [0, 0.1) is 0 Å². The van der Waals surface area contributed by atoms with Crippen LogP contribution in [0.4, 0.5) is 5.69 Å². The van der Waals surface area contributed by atoms with E-state index >= 15 is 0 Å². The summed E-state index contributed by atoms with van der Waals surface area (Å²) in [6.07, 6.45) is 3.10. The molecule has 0 atom stereocenters. The average Bonchev–Trinajstić information content (AvgIpc) is 3.28. The number of amides is 1. The van der Waals surface area contributed by atoms with Gasteiger partial charge in [-0.05, 0) is 53.2 Å². The van der Waals surface area contributed by atoms with Crippen molar-refractivity contribution in [1.29, 1.82) is 0 Å². The monoisotopic (exact) mass is 355 g/mol. The summed E-state index contributed by atoms with van der Waals surface area (Å²) in [5.41, 5.74) is 0.641. The van der Waals surface area contributed by atoms with Crippen molar-refractivity contribution in [3.63, 3.8) is 0 Å². The Morgan fingerprint density at radius 3 is 2.38 bits per heavy atom. The molecule has 2 aromatic heterocycles. The standard InChI is InChI=1S/C18H13NO3S2/c20-17(10-9-15-3-1-11-23-15)22-14-7-5-13(6-8-14)19-18(21)16-4-2-12-24-16/h1-12H,(H,19,21)/b10-9+. The zero-order valence-corrected chi connectivity index (χ0v) is 14.1. The van der Waals surface area contributed by atoms with Crippen LogP contribution in [0.1, 0.15) is 14.5 Å². The second-order valence-corrected chi connectivity index (χ2v) is 6.65. The average molecular weight is 355 g/mol. The molecule has 3 rings (SSSR count). The number of hydrogen-bond donors (Lipinski definition) is 1. The molecule has 0 saturated heterocycles. The Balaban J connectivity index is 1.56. The Morgan fingerprint density at radius 1 is 0.958 bits per heavy atom. The molecule has 0 fully saturated rings. The highest BCUT2D eigenvalue weighted by atomic mass is 32.1. The van der Waals surface area contributed by atoms with Gasteiger partial charge in [0, 0.05) is 16.6 Å². The van der Waals surface area contributed by atoms with Gasteiger partial charge >= 0.3 is 5.97 Å². The molecule has 0 aliphatic carbocycles. The van der Waals surface area contributed by atoms with E-state index < -0.39 is 5.97 Å². The molecule has 1 aromatic carbocycles. The molecule has 0 aliphatic heterocycles. The largest absolute Gasteiger partial charge is 0.423 e. The van der Waals surface area contributed by atoms with Crippen molar-refractivity contribution in [2.75, 3.05) is 5.32 Å². The van der Waals surface area contributed by atoms with Gasteiger partial charge in [0.25, 0.3) is 5.91 Å². The van der Waals surface area contributed by atoms with Crippen molar-refractivity contribution in [3.8, 4) is 5.75 Å². The Labute approximate surface area is 147 Å². The summed E-state index contributed by atoms with van der Waals surface area (Å²) in [6.45, 7) is 0. The number of carbonyl (C=O) groups is 2. The van der Waals surface area contributed by atoms with Gasteiger partial charge in [-0.25, -0.2) is 4.79 Å². The third-order valence-corrected chi connectivity index (χ3v) is 4.71. The molecule has 6 heteroatoms. The summed E-state index contributed by atoms with van der Waals surface area (Å²) in [5.74, 6) is -0.183. The lowest BCUT2D eigenvalue weighted by Gasteiger charge is -2.05. The molecule has 0 radical (unpaired) electrons. The number of carbonyl (C=O) groups excluding carboxylic acids is 2. The van der Waals surface area contributed by atoms with Crippen LogP contribution in [0.15, 0.2) is 65.4 Å². The number of hydrogen-bond acceptors (Lipinski definition) is 5. The van der Waals surface area contributed by atoms with Crippen LogP contribution in [-0.2, 0) is 4.79 Å². The van der Waals surface area contributed by atoms with E-state index in [0.29, 0.717) is 16.3 Å². The molecule has 2 heterocycles.